The molecule has 2 amide bonds. The minimum absolute atomic E-state index is 0.412. The average molecular weight is 194 g/mol. The fourth-order valence-electron chi connectivity index (χ4n) is 0.917. The van der Waals surface area contributed by atoms with Gasteiger partial charge in [-0.1, -0.05) is 18.2 Å². The zero-order valence-electron chi connectivity index (χ0n) is 7.64. The number of amides is 2. The first kappa shape index (κ1) is 10.0. The van der Waals surface area contributed by atoms with E-state index in [1.807, 2.05) is 0 Å². The van der Waals surface area contributed by atoms with Crippen LogP contribution in [0.4, 0.5) is 10.5 Å². The molecule has 0 atom stereocenters. The number of anilines is 1. The molecule has 0 spiro atoms. The number of para-hydroxylation sites is 1. The van der Waals surface area contributed by atoms with E-state index in [2.05, 4.69) is 4.84 Å². The fraction of sp³-hybridized carbons (Fsp3) is 0.111. The number of urea groups is 1. The van der Waals surface area contributed by atoms with Crippen LogP contribution in [0.5, 0.6) is 0 Å². The highest BCUT2D eigenvalue weighted by atomic mass is 16.7. The van der Waals surface area contributed by atoms with Gasteiger partial charge in [0.1, 0.15) is 0 Å². The molecule has 0 heterocycles. The molecule has 0 unspecified atom stereocenters. The Balaban J connectivity index is 2.89. The molecule has 1 rings (SSSR count). The number of nitrogens with zero attached hydrogens (tertiary/aromatic N) is 1. The molecule has 0 saturated carbocycles. The average Bonchev–Trinajstić information content (AvgIpc) is 2.15. The molecule has 1 aromatic carbocycles. The Morgan fingerprint density at radius 2 is 1.86 bits per heavy atom. The van der Waals surface area contributed by atoms with E-state index in [0.29, 0.717) is 5.69 Å². The summed E-state index contributed by atoms with van der Waals surface area (Å²) in [5, 5.41) is 0.738. The van der Waals surface area contributed by atoms with Gasteiger partial charge in [0.15, 0.2) is 0 Å². The number of nitrogens with two attached hydrogens (primary N) is 1. The molecule has 0 aliphatic carbocycles. The van der Waals surface area contributed by atoms with Crippen molar-refractivity contribution in [2.45, 2.75) is 6.92 Å². The quantitative estimate of drug-likeness (QED) is 0.679. The number of hydrogen-bond donors (Lipinski definition) is 1. The first-order chi connectivity index (χ1) is 6.61. The van der Waals surface area contributed by atoms with Gasteiger partial charge in [0.05, 0.1) is 5.69 Å². The number of rotatable bonds is 1. The Morgan fingerprint density at radius 3 is 2.29 bits per heavy atom. The molecule has 2 N–H and O–H groups in total. The van der Waals surface area contributed by atoms with Crippen LogP contribution in [0.25, 0.3) is 0 Å². The maximum atomic E-state index is 10.9. The topological polar surface area (TPSA) is 72.6 Å². The van der Waals surface area contributed by atoms with E-state index < -0.39 is 12.0 Å². The molecule has 1 aromatic rings. The van der Waals surface area contributed by atoms with Crippen LogP contribution in [0.1, 0.15) is 6.92 Å². The van der Waals surface area contributed by atoms with E-state index in [0.717, 1.165) is 5.06 Å². The second kappa shape index (κ2) is 4.27. The van der Waals surface area contributed by atoms with Crippen molar-refractivity contribution in [3.8, 4) is 0 Å². The molecule has 5 heteroatoms. The second-order valence-corrected chi connectivity index (χ2v) is 2.55. The van der Waals surface area contributed by atoms with Crippen molar-refractivity contribution in [1.29, 1.82) is 0 Å². The lowest BCUT2D eigenvalue weighted by Gasteiger charge is -2.17. The van der Waals surface area contributed by atoms with Crippen LogP contribution in [0.3, 0.4) is 0 Å². The SMILES string of the molecule is CC(=O)ON(C(N)=O)c1ccccc1. The number of benzene rings is 1. The van der Waals surface area contributed by atoms with E-state index in [1.54, 1.807) is 30.3 Å². The Morgan fingerprint density at radius 1 is 1.29 bits per heavy atom. The van der Waals surface area contributed by atoms with Crippen LogP contribution in [0.2, 0.25) is 0 Å². The number of hydrogen-bond acceptors (Lipinski definition) is 3. The third-order valence-electron chi connectivity index (χ3n) is 1.41. The minimum Gasteiger partial charge on any atom is -0.349 e. The fourth-order valence-corrected chi connectivity index (χ4v) is 0.917. The standard InChI is InChI=1S/C9H10N2O3/c1-7(12)14-11(9(10)13)8-5-3-2-4-6-8/h2-6H,1H3,(H2,10,13). The molecule has 0 bridgehead atoms. The molecule has 0 radical (unpaired) electrons. The van der Waals surface area contributed by atoms with Gasteiger partial charge in [0.2, 0.25) is 0 Å². The van der Waals surface area contributed by atoms with Crippen LogP contribution >= 0.6 is 0 Å². The smallest absolute Gasteiger partial charge is 0.349 e. The molecule has 14 heavy (non-hydrogen) atoms. The summed E-state index contributed by atoms with van der Waals surface area (Å²) in [5.74, 6) is -0.604. The number of carbonyl (C=O) groups excluding carboxylic acids is 2. The van der Waals surface area contributed by atoms with E-state index >= 15 is 0 Å². The lowest BCUT2D eigenvalue weighted by Crippen LogP contribution is -2.37. The van der Waals surface area contributed by atoms with Crippen molar-refractivity contribution in [1.82, 2.24) is 0 Å². The maximum Gasteiger partial charge on any atom is 0.352 e. The van der Waals surface area contributed by atoms with Crippen LogP contribution in [0.15, 0.2) is 30.3 Å². The van der Waals surface area contributed by atoms with Gasteiger partial charge in [-0.25, -0.2) is 9.59 Å². The van der Waals surface area contributed by atoms with Crippen LogP contribution in [-0.2, 0) is 9.63 Å². The first-order valence-electron chi connectivity index (χ1n) is 3.94. The molecule has 0 aromatic heterocycles. The lowest BCUT2D eigenvalue weighted by atomic mass is 10.3. The summed E-state index contributed by atoms with van der Waals surface area (Å²) in [6, 6.07) is 7.55. The molecule has 0 aliphatic heterocycles. The molecule has 5 nitrogen and oxygen atoms in total. The van der Waals surface area contributed by atoms with Gasteiger partial charge >= 0.3 is 12.0 Å². The van der Waals surface area contributed by atoms with Gasteiger partial charge in [-0.05, 0) is 12.1 Å². The highest BCUT2D eigenvalue weighted by Gasteiger charge is 2.15. The Hall–Kier alpha value is -2.04. The van der Waals surface area contributed by atoms with Crippen molar-refractivity contribution < 1.29 is 14.4 Å². The van der Waals surface area contributed by atoms with Crippen molar-refractivity contribution in [2.24, 2.45) is 5.73 Å². The van der Waals surface area contributed by atoms with E-state index in [4.69, 9.17) is 5.73 Å². The second-order valence-electron chi connectivity index (χ2n) is 2.55. The normalized spacial score (nSPS) is 9.21. The summed E-state index contributed by atoms with van der Waals surface area (Å²) in [7, 11) is 0. The van der Waals surface area contributed by atoms with Crippen LogP contribution in [-0.4, -0.2) is 12.0 Å². The molecule has 74 valence electrons. The lowest BCUT2D eigenvalue weighted by molar-refractivity contribution is -0.141. The van der Waals surface area contributed by atoms with E-state index in [-0.39, 0.29) is 0 Å². The monoisotopic (exact) mass is 194 g/mol. The molecule has 0 saturated heterocycles. The maximum absolute atomic E-state index is 10.9. The summed E-state index contributed by atoms with van der Waals surface area (Å²) in [6.07, 6.45) is 0. The van der Waals surface area contributed by atoms with Crippen molar-refractivity contribution in [2.75, 3.05) is 5.06 Å². The zero-order chi connectivity index (χ0) is 10.6. The van der Waals surface area contributed by atoms with Crippen LogP contribution in [0, 0.1) is 0 Å². The number of hydroxylamine groups is 1. The van der Waals surface area contributed by atoms with Crippen molar-refractivity contribution in [3.63, 3.8) is 0 Å². The van der Waals surface area contributed by atoms with Gasteiger partial charge in [0, 0.05) is 6.92 Å². The summed E-state index contributed by atoms with van der Waals surface area (Å²) < 4.78 is 0. The highest BCUT2D eigenvalue weighted by Crippen LogP contribution is 2.13. The molecular formula is C9H10N2O3. The van der Waals surface area contributed by atoms with Gasteiger partial charge in [-0.2, -0.15) is 0 Å². The summed E-state index contributed by atoms with van der Waals surface area (Å²) in [4.78, 5) is 26.2. The molecule has 0 aliphatic rings. The Kier molecular flexibility index (Phi) is 3.06. The van der Waals surface area contributed by atoms with Gasteiger partial charge in [-0.15, -0.1) is 5.06 Å². The zero-order valence-corrected chi connectivity index (χ0v) is 7.64. The number of primary amides is 1. The summed E-state index contributed by atoms with van der Waals surface area (Å²) in [5.41, 5.74) is 5.44. The Bertz CT molecular complexity index is 337. The Labute approximate surface area is 81.0 Å². The van der Waals surface area contributed by atoms with Crippen molar-refractivity contribution in [3.05, 3.63) is 30.3 Å². The molecule has 0 fully saturated rings. The largest absolute Gasteiger partial charge is 0.352 e. The molecular weight excluding hydrogens is 184 g/mol. The van der Waals surface area contributed by atoms with Crippen molar-refractivity contribution >= 4 is 17.7 Å². The van der Waals surface area contributed by atoms with Crippen LogP contribution < -0.4 is 10.8 Å². The van der Waals surface area contributed by atoms with E-state index in [9.17, 15) is 9.59 Å². The highest BCUT2D eigenvalue weighted by molar-refractivity contribution is 5.90. The summed E-state index contributed by atoms with van der Waals surface area (Å²) in [6.45, 7) is 1.19. The number of carbonyl (C=O) groups is 2. The van der Waals surface area contributed by atoms with Gasteiger partial charge < -0.3 is 10.6 Å². The predicted molar refractivity (Wildman–Crippen MR) is 50.3 cm³/mol. The van der Waals surface area contributed by atoms with E-state index in [1.165, 1.54) is 6.92 Å². The summed E-state index contributed by atoms with van der Waals surface area (Å²) >= 11 is 0. The van der Waals surface area contributed by atoms with Gasteiger partial charge in [-0.3, -0.25) is 0 Å². The minimum atomic E-state index is -0.841. The van der Waals surface area contributed by atoms with Gasteiger partial charge in [0.25, 0.3) is 0 Å². The predicted octanol–water partition coefficient (Wildman–Crippen LogP) is 1.05. The third kappa shape index (κ3) is 2.48. The first-order valence-corrected chi connectivity index (χ1v) is 3.94. The third-order valence-corrected chi connectivity index (χ3v) is 1.41.